The molecule has 18 heavy (non-hydrogen) atoms. The number of hydrogen-bond acceptors (Lipinski definition) is 5. The number of carbonyl (C=O) groups excluding carboxylic acids is 1. The van der Waals surface area contributed by atoms with E-state index in [0.717, 1.165) is 13.1 Å². The average Bonchev–Trinajstić information content (AvgIpc) is 2.29. The van der Waals surface area contributed by atoms with Crippen molar-refractivity contribution in [1.29, 1.82) is 0 Å². The standard InChI is InChI=1S/C11H19NO2.HNO3/c1-9(2)11(13)14-10(3)12-7-5-4-6-8-12;2-1(3)4/h10H,1,4-8H2,2-3H3;(H,2,3,4). The van der Waals surface area contributed by atoms with E-state index in [1.54, 1.807) is 6.92 Å². The third-order valence-electron chi connectivity index (χ3n) is 2.53. The summed E-state index contributed by atoms with van der Waals surface area (Å²) in [7, 11) is 0. The zero-order chi connectivity index (χ0) is 14.1. The number of rotatable bonds is 3. The van der Waals surface area contributed by atoms with Gasteiger partial charge in [0.2, 0.25) is 0 Å². The van der Waals surface area contributed by atoms with Crippen molar-refractivity contribution in [3.63, 3.8) is 0 Å². The first-order chi connectivity index (χ1) is 8.34. The molecule has 1 aliphatic rings. The monoisotopic (exact) mass is 260 g/mol. The molecule has 104 valence electrons. The summed E-state index contributed by atoms with van der Waals surface area (Å²) >= 11 is 0. The Bertz CT molecular complexity index is 296. The van der Waals surface area contributed by atoms with Gasteiger partial charge in [-0.1, -0.05) is 13.0 Å². The summed E-state index contributed by atoms with van der Waals surface area (Å²) < 4.78 is 5.24. The maximum atomic E-state index is 11.2. The summed E-state index contributed by atoms with van der Waals surface area (Å²) in [6, 6.07) is 0. The molecule has 0 aromatic carbocycles. The van der Waals surface area contributed by atoms with Crippen LogP contribution >= 0.6 is 0 Å². The topological polar surface area (TPSA) is 92.9 Å². The molecular formula is C11H20N2O5. The van der Waals surface area contributed by atoms with Gasteiger partial charge >= 0.3 is 5.97 Å². The van der Waals surface area contributed by atoms with Gasteiger partial charge in [-0.2, -0.15) is 0 Å². The Morgan fingerprint density at radius 2 is 1.89 bits per heavy atom. The molecule has 7 heteroatoms. The van der Waals surface area contributed by atoms with Crippen molar-refractivity contribution in [3.8, 4) is 0 Å². The van der Waals surface area contributed by atoms with Crippen molar-refractivity contribution < 1.29 is 19.8 Å². The first-order valence-electron chi connectivity index (χ1n) is 5.78. The van der Waals surface area contributed by atoms with Gasteiger partial charge in [0, 0.05) is 18.7 Å². The zero-order valence-corrected chi connectivity index (χ0v) is 10.8. The van der Waals surface area contributed by atoms with Gasteiger partial charge in [0.05, 0.1) is 0 Å². The third-order valence-corrected chi connectivity index (χ3v) is 2.53. The second kappa shape index (κ2) is 8.46. The molecule has 0 aromatic heterocycles. The molecule has 1 unspecified atom stereocenters. The van der Waals surface area contributed by atoms with Crippen molar-refractivity contribution in [2.75, 3.05) is 13.1 Å². The van der Waals surface area contributed by atoms with Gasteiger partial charge < -0.3 is 9.94 Å². The Hall–Kier alpha value is -1.63. The minimum absolute atomic E-state index is 0.112. The van der Waals surface area contributed by atoms with E-state index in [4.69, 9.17) is 20.1 Å². The predicted molar refractivity (Wildman–Crippen MR) is 64.6 cm³/mol. The highest BCUT2D eigenvalue weighted by molar-refractivity contribution is 5.87. The minimum Gasteiger partial charge on any atom is -0.443 e. The molecule has 1 saturated heterocycles. The number of ether oxygens (including phenoxy) is 1. The van der Waals surface area contributed by atoms with Gasteiger partial charge in [-0.3, -0.25) is 4.90 Å². The summed E-state index contributed by atoms with van der Waals surface area (Å²) in [5.41, 5.74) is 0.467. The van der Waals surface area contributed by atoms with Crippen molar-refractivity contribution >= 4 is 5.97 Å². The van der Waals surface area contributed by atoms with Crippen LogP contribution in [0, 0.1) is 10.1 Å². The van der Waals surface area contributed by atoms with E-state index < -0.39 is 5.09 Å². The molecule has 0 saturated carbocycles. The molecule has 0 bridgehead atoms. The quantitative estimate of drug-likeness (QED) is 0.358. The smallest absolute Gasteiger partial charge is 0.334 e. The molecule has 0 radical (unpaired) electrons. The molecule has 1 heterocycles. The lowest BCUT2D eigenvalue weighted by molar-refractivity contribution is -0.742. The van der Waals surface area contributed by atoms with E-state index in [9.17, 15) is 4.79 Å². The summed E-state index contributed by atoms with van der Waals surface area (Å²) in [6.45, 7) is 9.22. The lowest BCUT2D eigenvalue weighted by Gasteiger charge is -2.31. The largest absolute Gasteiger partial charge is 0.443 e. The summed E-state index contributed by atoms with van der Waals surface area (Å²) in [6.07, 6.45) is 3.58. The van der Waals surface area contributed by atoms with Gasteiger partial charge in [-0.15, -0.1) is 10.1 Å². The number of nitrogens with zero attached hydrogens (tertiary/aromatic N) is 2. The van der Waals surface area contributed by atoms with Crippen LogP contribution in [0.1, 0.15) is 33.1 Å². The van der Waals surface area contributed by atoms with Crippen LogP contribution in [0.25, 0.3) is 0 Å². The van der Waals surface area contributed by atoms with Crippen molar-refractivity contribution in [2.45, 2.75) is 39.3 Å². The van der Waals surface area contributed by atoms with E-state index in [-0.39, 0.29) is 12.2 Å². The maximum absolute atomic E-state index is 11.2. The molecule has 0 aromatic rings. The van der Waals surface area contributed by atoms with Gasteiger partial charge in [0.15, 0.2) is 6.23 Å². The Balaban J connectivity index is 0.000000631. The minimum atomic E-state index is -1.50. The van der Waals surface area contributed by atoms with E-state index in [0.29, 0.717) is 5.57 Å². The second-order valence-electron chi connectivity index (χ2n) is 4.12. The van der Waals surface area contributed by atoms with Crippen LogP contribution in [0.4, 0.5) is 0 Å². The Kier molecular flexibility index (Phi) is 7.69. The highest BCUT2D eigenvalue weighted by Gasteiger charge is 2.19. The first kappa shape index (κ1) is 16.4. The lowest BCUT2D eigenvalue weighted by Crippen LogP contribution is -2.40. The normalized spacial score (nSPS) is 17.0. The molecule has 1 rings (SSSR count). The Morgan fingerprint density at radius 3 is 2.28 bits per heavy atom. The highest BCUT2D eigenvalue weighted by Crippen LogP contribution is 2.13. The van der Waals surface area contributed by atoms with E-state index >= 15 is 0 Å². The summed E-state index contributed by atoms with van der Waals surface area (Å²) in [5, 5.41) is 13.6. The fourth-order valence-corrected chi connectivity index (χ4v) is 1.61. The average molecular weight is 260 g/mol. The number of esters is 1. The van der Waals surface area contributed by atoms with Crippen LogP contribution in [-0.4, -0.2) is 40.5 Å². The highest BCUT2D eigenvalue weighted by atomic mass is 16.9. The first-order valence-corrected chi connectivity index (χ1v) is 5.78. The van der Waals surface area contributed by atoms with Crippen molar-refractivity contribution in [1.82, 2.24) is 4.90 Å². The van der Waals surface area contributed by atoms with Crippen LogP contribution in [0.2, 0.25) is 0 Å². The molecule has 1 atom stereocenters. The summed E-state index contributed by atoms with van der Waals surface area (Å²) in [5.74, 6) is -0.289. The molecule has 7 nitrogen and oxygen atoms in total. The number of carbonyl (C=O) groups is 1. The SMILES string of the molecule is C=C(C)C(=O)OC(C)N1CCCCC1.O=[N+]([O-])O. The molecule has 1 fully saturated rings. The van der Waals surface area contributed by atoms with Crippen LogP contribution in [0.15, 0.2) is 12.2 Å². The molecular weight excluding hydrogens is 240 g/mol. The maximum Gasteiger partial charge on any atom is 0.334 e. The van der Waals surface area contributed by atoms with Gasteiger partial charge in [0.1, 0.15) is 0 Å². The predicted octanol–water partition coefficient (Wildman–Crippen LogP) is 1.59. The number of likely N-dealkylation sites (tertiary alicyclic amines) is 1. The fraction of sp³-hybridized carbons (Fsp3) is 0.727. The molecule has 0 spiro atoms. The van der Waals surface area contributed by atoms with Gasteiger partial charge in [0.25, 0.3) is 5.09 Å². The lowest BCUT2D eigenvalue weighted by atomic mass is 10.1. The van der Waals surface area contributed by atoms with E-state index in [1.807, 2.05) is 6.92 Å². The van der Waals surface area contributed by atoms with Crippen molar-refractivity contribution in [2.24, 2.45) is 0 Å². The Labute approximate surface area is 106 Å². The zero-order valence-electron chi connectivity index (χ0n) is 10.8. The fourth-order valence-electron chi connectivity index (χ4n) is 1.61. The molecule has 0 amide bonds. The van der Waals surface area contributed by atoms with Crippen molar-refractivity contribution in [3.05, 3.63) is 22.3 Å². The second-order valence-corrected chi connectivity index (χ2v) is 4.12. The molecule has 1 N–H and O–H groups in total. The summed E-state index contributed by atoms with van der Waals surface area (Å²) in [4.78, 5) is 21.8. The van der Waals surface area contributed by atoms with Crippen LogP contribution < -0.4 is 0 Å². The van der Waals surface area contributed by atoms with Crippen LogP contribution in [0.5, 0.6) is 0 Å². The van der Waals surface area contributed by atoms with E-state index in [1.165, 1.54) is 19.3 Å². The molecule has 0 aliphatic carbocycles. The third kappa shape index (κ3) is 7.61. The van der Waals surface area contributed by atoms with Gasteiger partial charge in [-0.25, -0.2) is 4.79 Å². The molecule has 1 aliphatic heterocycles. The number of piperidine rings is 1. The van der Waals surface area contributed by atoms with Crippen LogP contribution in [0.3, 0.4) is 0 Å². The van der Waals surface area contributed by atoms with Crippen LogP contribution in [-0.2, 0) is 9.53 Å². The Morgan fingerprint density at radius 1 is 1.44 bits per heavy atom. The van der Waals surface area contributed by atoms with Gasteiger partial charge in [-0.05, 0) is 26.7 Å². The number of hydrogen-bond donors (Lipinski definition) is 1. The van der Waals surface area contributed by atoms with E-state index in [2.05, 4.69) is 11.5 Å².